The summed E-state index contributed by atoms with van der Waals surface area (Å²) in [5.41, 5.74) is 2.49. The summed E-state index contributed by atoms with van der Waals surface area (Å²) in [5.74, 6) is -1.58. The Labute approximate surface area is 152 Å². The second kappa shape index (κ2) is 7.62. The Morgan fingerprint density at radius 1 is 0.769 bits per heavy atom. The van der Waals surface area contributed by atoms with Crippen molar-refractivity contribution < 1.29 is 14.7 Å². The van der Waals surface area contributed by atoms with Crippen LogP contribution in [0.1, 0.15) is 43.3 Å². The van der Waals surface area contributed by atoms with Crippen molar-refractivity contribution >= 4 is 11.8 Å². The van der Waals surface area contributed by atoms with Crippen LogP contribution in [-0.4, -0.2) is 16.9 Å². The molecular formula is C23H18O3. The maximum atomic E-state index is 13.1. The second-order valence-electron chi connectivity index (χ2n) is 5.89. The van der Waals surface area contributed by atoms with E-state index in [1.807, 2.05) is 42.5 Å². The minimum Gasteiger partial charge on any atom is -0.478 e. The largest absolute Gasteiger partial charge is 0.478 e. The highest BCUT2D eigenvalue weighted by Gasteiger charge is 2.22. The molecule has 1 atom stereocenters. The molecule has 26 heavy (non-hydrogen) atoms. The molecule has 1 N–H and O–H groups in total. The van der Waals surface area contributed by atoms with Crippen LogP contribution in [0.5, 0.6) is 0 Å². The summed E-state index contributed by atoms with van der Waals surface area (Å²) in [4.78, 5) is 24.6. The number of rotatable bonds is 6. The quantitative estimate of drug-likeness (QED) is 0.510. The predicted octanol–water partition coefficient (Wildman–Crippen LogP) is 4.93. The molecule has 0 saturated carbocycles. The van der Waals surface area contributed by atoms with Gasteiger partial charge in [-0.25, -0.2) is 4.79 Å². The summed E-state index contributed by atoms with van der Waals surface area (Å²) in [6, 6.07) is 23.3. The van der Waals surface area contributed by atoms with Gasteiger partial charge in [-0.1, -0.05) is 78.9 Å². The number of carboxylic acid groups (broad SMARTS) is 1. The fourth-order valence-corrected chi connectivity index (χ4v) is 3.09. The number of carbonyl (C=O) groups excluding carboxylic acids is 1. The Bertz CT molecular complexity index is 958. The molecule has 0 radical (unpaired) electrons. The summed E-state index contributed by atoms with van der Waals surface area (Å²) in [5, 5.41) is 9.40. The number of hydrogen-bond acceptors (Lipinski definition) is 2. The summed E-state index contributed by atoms with van der Waals surface area (Å²) in [7, 11) is 0. The van der Waals surface area contributed by atoms with Gasteiger partial charge in [-0.15, -0.1) is 6.58 Å². The van der Waals surface area contributed by atoms with Crippen LogP contribution in [0.25, 0.3) is 0 Å². The Hall–Kier alpha value is -3.46. The van der Waals surface area contributed by atoms with Gasteiger partial charge in [0.05, 0.1) is 5.56 Å². The Balaban J connectivity index is 2.12. The van der Waals surface area contributed by atoms with E-state index in [1.165, 1.54) is 6.07 Å². The first-order valence-electron chi connectivity index (χ1n) is 8.27. The number of carbonyl (C=O) groups is 2. The van der Waals surface area contributed by atoms with Crippen LogP contribution in [-0.2, 0) is 0 Å². The monoisotopic (exact) mass is 342 g/mol. The molecule has 0 fully saturated rings. The van der Waals surface area contributed by atoms with Crippen molar-refractivity contribution in [3.8, 4) is 0 Å². The topological polar surface area (TPSA) is 54.4 Å². The molecular weight excluding hydrogens is 324 g/mol. The molecule has 0 aliphatic heterocycles. The number of ketones is 1. The van der Waals surface area contributed by atoms with E-state index in [0.717, 1.165) is 11.1 Å². The van der Waals surface area contributed by atoms with Crippen LogP contribution in [0.2, 0.25) is 0 Å². The van der Waals surface area contributed by atoms with Crippen molar-refractivity contribution in [2.75, 3.05) is 0 Å². The van der Waals surface area contributed by atoms with Crippen molar-refractivity contribution in [3.63, 3.8) is 0 Å². The SMILES string of the molecule is C=CC(c1ccccc1)c1ccccc1C(=O)c1ccccc1C(=O)O. The van der Waals surface area contributed by atoms with Gasteiger partial charge >= 0.3 is 5.97 Å². The van der Waals surface area contributed by atoms with Crippen LogP contribution < -0.4 is 0 Å². The van der Waals surface area contributed by atoms with E-state index in [1.54, 1.807) is 36.4 Å². The molecule has 0 aromatic heterocycles. The zero-order valence-electron chi connectivity index (χ0n) is 14.1. The third-order valence-electron chi connectivity index (χ3n) is 4.34. The van der Waals surface area contributed by atoms with Gasteiger partial charge in [-0.05, 0) is 17.2 Å². The van der Waals surface area contributed by atoms with Crippen molar-refractivity contribution in [3.05, 3.63) is 119 Å². The van der Waals surface area contributed by atoms with Crippen molar-refractivity contribution in [2.24, 2.45) is 0 Å². The first-order chi connectivity index (χ1) is 12.6. The Kier molecular flexibility index (Phi) is 5.09. The highest BCUT2D eigenvalue weighted by atomic mass is 16.4. The molecule has 3 aromatic carbocycles. The van der Waals surface area contributed by atoms with E-state index >= 15 is 0 Å². The number of aromatic carboxylic acids is 1. The molecule has 3 nitrogen and oxygen atoms in total. The van der Waals surface area contributed by atoms with Crippen LogP contribution in [0.15, 0.2) is 91.5 Å². The maximum Gasteiger partial charge on any atom is 0.336 e. The molecule has 3 heteroatoms. The summed E-state index contributed by atoms with van der Waals surface area (Å²) < 4.78 is 0. The van der Waals surface area contributed by atoms with Gasteiger partial charge in [0.1, 0.15) is 0 Å². The molecule has 0 amide bonds. The summed E-state index contributed by atoms with van der Waals surface area (Å²) >= 11 is 0. The van der Waals surface area contributed by atoms with E-state index in [0.29, 0.717) is 5.56 Å². The van der Waals surface area contributed by atoms with E-state index in [-0.39, 0.29) is 22.8 Å². The number of carboxylic acids is 1. The van der Waals surface area contributed by atoms with E-state index in [2.05, 4.69) is 6.58 Å². The molecule has 3 aromatic rings. The molecule has 128 valence electrons. The van der Waals surface area contributed by atoms with Crippen LogP contribution in [0.4, 0.5) is 0 Å². The third-order valence-corrected chi connectivity index (χ3v) is 4.34. The zero-order valence-corrected chi connectivity index (χ0v) is 14.1. The first kappa shape index (κ1) is 17.4. The number of benzene rings is 3. The lowest BCUT2D eigenvalue weighted by molar-refractivity contribution is 0.0692. The van der Waals surface area contributed by atoms with Crippen molar-refractivity contribution in [2.45, 2.75) is 5.92 Å². The lowest BCUT2D eigenvalue weighted by atomic mass is 9.85. The highest BCUT2D eigenvalue weighted by Crippen LogP contribution is 2.30. The molecule has 3 rings (SSSR count). The zero-order chi connectivity index (χ0) is 18.5. The molecule has 0 bridgehead atoms. The lowest BCUT2D eigenvalue weighted by Crippen LogP contribution is -2.13. The molecule has 0 saturated heterocycles. The highest BCUT2D eigenvalue weighted by molar-refractivity contribution is 6.15. The summed E-state index contributed by atoms with van der Waals surface area (Å²) in [6.45, 7) is 3.93. The molecule has 1 unspecified atom stereocenters. The molecule has 0 aliphatic rings. The lowest BCUT2D eigenvalue weighted by Gasteiger charge is -2.17. The first-order valence-corrected chi connectivity index (χ1v) is 8.27. The molecule has 0 aliphatic carbocycles. The van der Waals surface area contributed by atoms with Gasteiger partial charge in [0, 0.05) is 17.0 Å². The van der Waals surface area contributed by atoms with Crippen LogP contribution in [0, 0.1) is 0 Å². The van der Waals surface area contributed by atoms with Crippen molar-refractivity contribution in [1.29, 1.82) is 0 Å². The van der Waals surface area contributed by atoms with Crippen LogP contribution >= 0.6 is 0 Å². The maximum absolute atomic E-state index is 13.1. The van der Waals surface area contributed by atoms with Gasteiger partial charge in [0.15, 0.2) is 5.78 Å². The minimum atomic E-state index is -1.12. The average Bonchev–Trinajstić information content (AvgIpc) is 2.69. The fourth-order valence-electron chi connectivity index (χ4n) is 3.09. The smallest absolute Gasteiger partial charge is 0.336 e. The van der Waals surface area contributed by atoms with E-state index in [9.17, 15) is 14.7 Å². The normalized spacial score (nSPS) is 11.5. The van der Waals surface area contributed by atoms with E-state index < -0.39 is 5.97 Å². The molecule has 0 spiro atoms. The van der Waals surface area contributed by atoms with Crippen molar-refractivity contribution in [1.82, 2.24) is 0 Å². The van der Waals surface area contributed by atoms with Gasteiger partial charge < -0.3 is 5.11 Å². The van der Waals surface area contributed by atoms with Gasteiger partial charge in [-0.2, -0.15) is 0 Å². The average molecular weight is 342 g/mol. The van der Waals surface area contributed by atoms with Crippen LogP contribution in [0.3, 0.4) is 0 Å². The Morgan fingerprint density at radius 3 is 1.92 bits per heavy atom. The van der Waals surface area contributed by atoms with Gasteiger partial charge in [-0.3, -0.25) is 4.79 Å². The predicted molar refractivity (Wildman–Crippen MR) is 102 cm³/mol. The van der Waals surface area contributed by atoms with E-state index in [4.69, 9.17) is 0 Å². The van der Waals surface area contributed by atoms with Gasteiger partial charge in [0.2, 0.25) is 0 Å². The standard InChI is InChI=1S/C23H18O3/c1-2-17(16-10-4-3-5-11-16)18-12-6-7-13-19(18)22(24)20-14-8-9-15-21(20)23(25)26/h2-15,17H,1H2,(H,25,26). The molecule has 0 heterocycles. The minimum absolute atomic E-state index is 0.00201. The van der Waals surface area contributed by atoms with Gasteiger partial charge in [0.25, 0.3) is 0 Å². The Morgan fingerprint density at radius 2 is 1.31 bits per heavy atom. The fraction of sp³-hybridized carbons (Fsp3) is 0.0435. The number of hydrogen-bond donors (Lipinski definition) is 1. The number of allylic oxidation sites excluding steroid dienone is 1. The summed E-state index contributed by atoms with van der Waals surface area (Å²) in [6.07, 6.45) is 1.80. The second-order valence-corrected chi connectivity index (χ2v) is 5.89. The third kappa shape index (κ3) is 3.33.